The van der Waals surface area contributed by atoms with Crippen LogP contribution in [-0.4, -0.2) is 32.0 Å². The summed E-state index contributed by atoms with van der Waals surface area (Å²) in [7, 11) is -2.50. The van der Waals surface area contributed by atoms with E-state index in [-0.39, 0.29) is 22.0 Å². The Bertz CT molecular complexity index is 835. The summed E-state index contributed by atoms with van der Waals surface area (Å²) in [6.07, 6.45) is 0.591. The fraction of sp³-hybridized carbons (Fsp3) is 0.200. The number of sulfonamides is 1. The molecule has 0 aliphatic carbocycles. The Labute approximate surface area is 139 Å². The third kappa shape index (κ3) is 4.21. The molecule has 0 saturated heterocycles. The maximum Gasteiger partial charge on any atom is 0.293 e. The summed E-state index contributed by atoms with van der Waals surface area (Å²) in [6.45, 7) is 0.420. The highest BCUT2D eigenvalue weighted by Crippen LogP contribution is 2.27. The Morgan fingerprint density at radius 3 is 2.42 bits per heavy atom. The minimum atomic E-state index is -3.74. The molecule has 0 fully saturated rings. The fourth-order valence-corrected chi connectivity index (χ4v) is 2.85. The van der Waals surface area contributed by atoms with Crippen molar-refractivity contribution in [3.8, 4) is 5.75 Å². The molecule has 2 rings (SSSR count). The van der Waals surface area contributed by atoms with Crippen LogP contribution in [0.15, 0.2) is 47.4 Å². The molecule has 0 radical (unpaired) electrons. The third-order valence-corrected chi connectivity index (χ3v) is 4.82. The van der Waals surface area contributed by atoms with Gasteiger partial charge in [-0.3, -0.25) is 10.1 Å². The van der Waals surface area contributed by atoms with Crippen molar-refractivity contribution in [3.63, 3.8) is 0 Å². The number of nitrogens with one attached hydrogen (secondary N) is 2. The van der Waals surface area contributed by atoms with Crippen molar-refractivity contribution >= 4 is 21.4 Å². The first-order valence-electron chi connectivity index (χ1n) is 7.07. The van der Waals surface area contributed by atoms with Gasteiger partial charge in [-0.1, -0.05) is 12.1 Å². The van der Waals surface area contributed by atoms with Crippen LogP contribution in [-0.2, 0) is 16.4 Å². The second-order valence-electron chi connectivity index (χ2n) is 4.99. The van der Waals surface area contributed by atoms with Crippen molar-refractivity contribution in [2.45, 2.75) is 11.3 Å². The topological polar surface area (TPSA) is 122 Å². The third-order valence-electron chi connectivity index (χ3n) is 3.41. The van der Waals surface area contributed by atoms with Crippen molar-refractivity contribution in [3.05, 3.63) is 58.1 Å². The zero-order valence-corrected chi connectivity index (χ0v) is 13.7. The van der Waals surface area contributed by atoms with E-state index < -0.39 is 14.9 Å². The van der Waals surface area contributed by atoms with E-state index >= 15 is 0 Å². The lowest BCUT2D eigenvalue weighted by Gasteiger charge is -2.09. The molecule has 2 aromatic carbocycles. The summed E-state index contributed by atoms with van der Waals surface area (Å²) in [5, 5.41) is 23.3. The number of nitro groups is 1. The van der Waals surface area contributed by atoms with Gasteiger partial charge in [0.2, 0.25) is 10.0 Å². The van der Waals surface area contributed by atoms with Gasteiger partial charge in [0, 0.05) is 12.6 Å². The van der Waals surface area contributed by atoms with Crippen LogP contribution in [0.1, 0.15) is 5.56 Å². The molecule has 0 bridgehead atoms. The second-order valence-corrected chi connectivity index (χ2v) is 6.87. The molecule has 0 heterocycles. The first-order valence-corrected chi connectivity index (χ1v) is 8.55. The Balaban J connectivity index is 2.14. The number of anilines is 1. The molecular formula is C15H17N3O5S. The number of aromatic hydroxyl groups is 1. The maximum atomic E-state index is 11.7. The molecule has 0 atom stereocenters. The van der Waals surface area contributed by atoms with Gasteiger partial charge in [-0.15, -0.1) is 0 Å². The van der Waals surface area contributed by atoms with Gasteiger partial charge in [-0.05, 0) is 43.3 Å². The molecule has 0 aliphatic rings. The van der Waals surface area contributed by atoms with Crippen LogP contribution in [0.2, 0.25) is 0 Å². The van der Waals surface area contributed by atoms with E-state index in [1.807, 2.05) is 0 Å². The predicted octanol–water partition coefficient (Wildman–Crippen LogP) is 1.86. The number of rotatable bonds is 7. The lowest BCUT2D eigenvalue weighted by molar-refractivity contribution is -0.384. The molecule has 0 unspecified atom stereocenters. The van der Waals surface area contributed by atoms with E-state index in [9.17, 15) is 23.6 Å². The maximum absolute atomic E-state index is 11.7. The number of phenols is 1. The average molecular weight is 351 g/mol. The quantitative estimate of drug-likeness (QED) is 0.517. The molecule has 0 spiro atoms. The summed E-state index contributed by atoms with van der Waals surface area (Å²) in [5.41, 5.74) is 0.892. The molecular weight excluding hydrogens is 334 g/mol. The summed E-state index contributed by atoms with van der Waals surface area (Å²) in [5.74, 6) is 0.170. The molecule has 0 amide bonds. The minimum absolute atomic E-state index is 0.166. The number of hydrogen-bond donors (Lipinski definition) is 3. The fourth-order valence-electron chi connectivity index (χ4n) is 2.10. The van der Waals surface area contributed by atoms with Crippen LogP contribution in [0.4, 0.5) is 11.4 Å². The number of hydrogen-bond acceptors (Lipinski definition) is 6. The monoisotopic (exact) mass is 351 g/mol. The van der Waals surface area contributed by atoms with Crippen molar-refractivity contribution in [2.24, 2.45) is 0 Å². The van der Waals surface area contributed by atoms with Crippen molar-refractivity contribution in [1.82, 2.24) is 4.72 Å². The van der Waals surface area contributed by atoms with Crippen LogP contribution in [0.5, 0.6) is 5.75 Å². The van der Waals surface area contributed by atoms with E-state index in [2.05, 4.69) is 10.0 Å². The van der Waals surface area contributed by atoms with Gasteiger partial charge in [0.1, 0.15) is 11.4 Å². The van der Waals surface area contributed by atoms with Crippen LogP contribution in [0.25, 0.3) is 0 Å². The Hall–Kier alpha value is -2.65. The summed E-state index contributed by atoms with van der Waals surface area (Å²) in [4.78, 5) is 10.4. The van der Waals surface area contributed by atoms with E-state index in [1.165, 1.54) is 19.2 Å². The summed E-state index contributed by atoms with van der Waals surface area (Å²) >= 11 is 0. The molecule has 9 heteroatoms. The van der Waals surface area contributed by atoms with E-state index in [1.54, 1.807) is 24.3 Å². The van der Waals surface area contributed by atoms with Gasteiger partial charge in [0.25, 0.3) is 5.69 Å². The highest BCUT2D eigenvalue weighted by Gasteiger charge is 2.20. The van der Waals surface area contributed by atoms with Crippen molar-refractivity contribution < 1.29 is 18.4 Å². The predicted molar refractivity (Wildman–Crippen MR) is 89.6 cm³/mol. The molecule has 0 aromatic heterocycles. The first kappa shape index (κ1) is 17.7. The van der Waals surface area contributed by atoms with Crippen LogP contribution >= 0.6 is 0 Å². The van der Waals surface area contributed by atoms with Gasteiger partial charge in [-0.2, -0.15) is 0 Å². The van der Waals surface area contributed by atoms with Gasteiger partial charge >= 0.3 is 0 Å². The second kappa shape index (κ2) is 7.28. The minimum Gasteiger partial charge on any atom is -0.508 e. The Morgan fingerprint density at radius 1 is 1.17 bits per heavy atom. The molecule has 128 valence electrons. The average Bonchev–Trinajstić information content (AvgIpc) is 2.56. The molecule has 24 heavy (non-hydrogen) atoms. The van der Waals surface area contributed by atoms with Gasteiger partial charge < -0.3 is 10.4 Å². The van der Waals surface area contributed by atoms with Crippen LogP contribution in [0.3, 0.4) is 0 Å². The SMILES string of the molecule is CNS(=O)(=O)c1ccc(NCCc2ccc(O)cc2)c([N+](=O)[O-])c1. The lowest BCUT2D eigenvalue weighted by Crippen LogP contribution is -2.19. The van der Waals surface area contributed by atoms with Gasteiger partial charge in [0.05, 0.1) is 9.82 Å². The Kier molecular flexibility index (Phi) is 5.37. The lowest BCUT2D eigenvalue weighted by atomic mass is 10.1. The first-order chi connectivity index (χ1) is 11.3. The normalized spacial score (nSPS) is 11.2. The molecule has 2 aromatic rings. The van der Waals surface area contributed by atoms with Crippen LogP contribution < -0.4 is 10.0 Å². The Morgan fingerprint density at radius 2 is 1.83 bits per heavy atom. The zero-order valence-electron chi connectivity index (χ0n) is 12.9. The van der Waals surface area contributed by atoms with Gasteiger partial charge in [-0.25, -0.2) is 13.1 Å². The van der Waals surface area contributed by atoms with E-state index in [0.717, 1.165) is 11.6 Å². The number of benzene rings is 2. The molecule has 8 nitrogen and oxygen atoms in total. The molecule has 0 saturated carbocycles. The van der Waals surface area contributed by atoms with Gasteiger partial charge in [0.15, 0.2) is 0 Å². The van der Waals surface area contributed by atoms with E-state index in [4.69, 9.17) is 0 Å². The van der Waals surface area contributed by atoms with Crippen molar-refractivity contribution in [2.75, 3.05) is 18.9 Å². The summed E-state index contributed by atoms with van der Waals surface area (Å²) in [6, 6.07) is 10.3. The van der Waals surface area contributed by atoms with Crippen molar-refractivity contribution in [1.29, 1.82) is 0 Å². The number of nitrogens with zero attached hydrogens (tertiary/aromatic N) is 1. The summed E-state index contributed by atoms with van der Waals surface area (Å²) < 4.78 is 25.6. The smallest absolute Gasteiger partial charge is 0.293 e. The van der Waals surface area contributed by atoms with Crippen LogP contribution in [0, 0.1) is 10.1 Å². The molecule has 3 N–H and O–H groups in total. The zero-order chi connectivity index (χ0) is 17.7. The number of nitro benzene ring substituents is 1. The molecule has 0 aliphatic heterocycles. The van der Waals surface area contributed by atoms with E-state index in [0.29, 0.717) is 13.0 Å². The number of phenolic OH excluding ortho intramolecular Hbond substituents is 1. The highest BCUT2D eigenvalue weighted by atomic mass is 32.2. The standard InChI is InChI=1S/C15H17N3O5S/c1-16-24(22,23)13-6-7-14(15(10-13)18(20)21)17-9-8-11-2-4-12(19)5-3-11/h2-7,10,16-17,19H,8-9H2,1H3. The highest BCUT2D eigenvalue weighted by molar-refractivity contribution is 7.89. The largest absolute Gasteiger partial charge is 0.508 e.